The van der Waals surface area contributed by atoms with Crippen LogP contribution in [-0.4, -0.2) is 6.17 Å². The molecule has 0 N–H and O–H groups in total. The zero-order valence-corrected chi connectivity index (χ0v) is 7.94. The quantitative estimate of drug-likeness (QED) is 0.553. The van der Waals surface area contributed by atoms with E-state index in [4.69, 9.17) is 0 Å². The van der Waals surface area contributed by atoms with E-state index >= 15 is 0 Å². The topological polar surface area (TPSA) is 0 Å². The highest BCUT2D eigenvalue weighted by Crippen LogP contribution is 2.16. The van der Waals surface area contributed by atoms with Crippen molar-refractivity contribution in [3.8, 4) is 0 Å². The van der Waals surface area contributed by atoms with Crippen molar-refractivity contribution in [1.29, 1.82) is 0 Å². The van der Waals surface area contributed by atoms with Gasteiger partial charge in [0.25, 0.3) is 0 Å². The van der Waals surface area contributed by atoms with Crippen LogP contribution in [0.1, 0.15) is 46.5 Å². The Balaban J connectivity index is 3.32. The van der Waals surface area contributed by atoms with E-state index in [1.54, 1.807) is 0 Å². The second kappa shape index (κ2) is 6.63. The Bertz CT molecular complexity index is 70.9. The second-order valence-corrected chi connectivity index (χ2v) is 3.24. The SMILES string of the molecule is CC[CH]C(C)CC(F)CCC. The molecule has 0 saturated carbocycles. The Labute approximate surface area is 70.2 Å². The molecule has 0 nitrogen and oxygen atoms in total. The lowest BCUT2D eigenvalue weighted by molar-refractivity contribution is 0.268. The predicted octanol–water partition coefficient (Wildman–Crippen LogP) is 3.77. The lowest BCUT2D eigenvalue weighted by atomic mass is 9.97. The van der Waals surface area contributed by atoms with Crippen LogP contribution in [0.15, 0.2) is 0 Å². The molecule has 0 aliphatic heterocycles. The Morgan fingerprint density at radius 3 is 2.45 bits per heavy atom. The lowest BCUT2D eigenvalue weighted by Gasteiger charge is -2.12. The zero-order valence-electron chi connectivity index (χ0n) is 7.94. The first-order valence-electron chi connectivity index (χ1n) is 4.68. The molecule has 1 heteroatoms. The molecule has 0 aromatic rings. The maximum absolute atomic E-state index is 13.0. The predicted molar refractivity (Wildman–Crippen MR) is 48.2 cm³/mol. The molecule has 0 amide bonds. The standard InChI is InChI=1S/C10H20F/c1-4-6-9(3)8-10(11)7-5-2/h6,9-10H,4-5,7-8H2,1-3H3. The molecule has 1 radical (unpaired) electrons. The molecule has 0 aliphatic rings. The van der Waals surface area contributed by atoms with E-state index in [0.29, 0.717) is 12.3 Å². The molecule has 2 unspecified atom stereocenters. The van der Waals surface area contributed by atoms with Crippen LogP contribution >= 0.6 is 0 Å². The normalized spacial score (nSPS) is 16.4. The van der Waals surface area contributed by atoms with Crippen molar-refractivity contribution in [3.05, 3.63) is 6.42 Å². The molecule has 2 atom stereocenters. The van der Waals surface area contributed by atoms with Crippen molar-refractivity contribution in [1.82, 2.24) is 0 Å². The van der Waals surface area contributed by atoms with Crippen LogP contribution in [0.25, 0.3) is 0 Å². The average Bonchev–Trinajstić information content (AvgIpc) is 1.87. The van der Waals surface area contributed by atoms with E-state index in [9.17, 15) is 4.39 Å². The van der Waals surface area contributed by atoms with E-state index in [1.807, 2.05) is 6.92 Å². The van der Waals surface area contributed by atoms with Gasteiger partial charge in [0.1, 0.15) is 6.17 Å². The number of hydrogen-bond acceptors (Lipinski definition) is 0. The fourth-order valence-electron chi connectivity index (χ4n) is 1.33. The van der Waals surface area contributed by atoms with Gasteiger partial charge in [0.2, 0.25) is 0 Å². The Morgan fingerprint density at radius 2 is 2.00 bits per heavy atom. The van der Waals surface area contributed by atoms with E-state index < -0.39 is 6.17 Å². The van der Waals surface area contributed by atoms with Crippen molar-refractivity contribution in [2.45, 2.75) is 52.6 Å². The first kappa shape index (κ1) is 10.9. The summed E-state index contributed by atoms with van der Waals surface area (Å²) in [6.07, 6.45) is 5.05. The highest BCUT2D eigenvalue weighted by atomic mass is 19.1. The van der Waals surface area contributed by atoms with Crippen LogP contribution < -0.4 is 0 Å². The maximum Gasteiger partial charge on any atom is 0.100 e. The Hall–Kier alpha value is -0.0700. The fraction of sp³-hybridized carbons (Fsp3) is 0.900. The van der Waals surface area contributed by atoms with Crippen molar-refractivity contribution in [3.63, 3.8) is 0 Å². The van der Waals surface area contributed by atoms with Crippen LogP contribution in [0.2, 0.25) is 0 Å². The van der Waals surface area contributed by atoms with Crippen LogP contribution in [-0.2, 0) is 0 Å². The van der Waals surface area contributed by atoms with Crippen molar-refractivity contribution in [2.75, 3.05) is 0 Å². The number of alkyl halides is 1. The molecule has 0 saturated heterocycles. The third kappa shape index (κ3) is 6.33. The first-order valence-corrected chi connectivity index (χ1v) is 4.68. The summed E-state index contributed by atoms with van der Waals surface area (Å²) < 4.78 is 13.0. The van der Waals surface area contributed by atoms with E-state index in [-0.39, 0.29) is 0 Å². The summed E-state index contributed by atoms with van der Waals surface area (Å²) in [6.45, 7) is 6.22. The summed E-state index contributed by atoms with van der Waals surface area (Å²) in [4.78, 5) is 0. The molecule has 0 aromatic carbocycles. The van der Waals surface area contributed by atoms with E-state index in [1.165, 1.54) is 0 Å². The fourth-order valence-corrected chi connectivity index (χ4v) is 1.33. The summed E-state index contributed by atoms with van der Waals surface area (Å²) in [5.74, 6) is 0.446. The second-order valence-electron chi connectivity index (χ2n) is 3.24. The van der Waals surface area contributed by atoms with Gasteiger partial charge in [-0.25, -0.2) is 4.39 Å². The molecule has 67 valence electrons. The minimum atomic E-state index is -0.585. The van der Waals surface area contributed by atoms with Crippen LogP contribution in [0, 0.1) is 12.3 Å². The highest BCUT2D eigenvalue weighted by molar-refractivity contribution is 4.73. The average molecular weight is 159 g/mol. The van der Waals surface area contributed by atoms with Crippen LogP contribution in [0.3, 0.4) is 0 Å². The van der Waals surface area contributed by atoms with Crippen LogP contribution in [0.4, 0.5) is 4.39 Å². The molecule has 0 spiro atoms. The van der Waals surface area contributed by atoms with Crippen molar-refractivity contribution < 1.29 is 4.39 Å². The van der Waals surface area contributed by atoms with Gasteiger partial charge < -0.3 is 0 Å². The van der Waals surface area contributed by atoms with Crippen molar-refractivity contribution in [2.24, 2.45) is 5.92 Å². The maximum atomic E-state index is 13.0. The van der Waals surface area contributed by atoms with Crippen LogP contribution in [0.5, 0.6) is 0 Å². The first-order chi connectivity index (χ1) is 5.20. The third-order valence-electron chi connectivity index (χ3n) is 1.87. The lowest BCUT2D eigenvalue weighted by Crippen LogP contribution is -2.06. The smallest absolute Gasteiger partial charge is 0.100 e. The van der Waals surface area contributed by atoms with Gasteiger partial charge in [-0.1, -0.05) is 33.6 Å². The molecule has 0 fully saturated rings. The monoisotopic (exact) mass is 159 g/mol. The highest BCUT2D eigenvalue weighted by Gasteiger charge is 2.09. The summed E-state index contributed by atoms with van der Waals surface area (Å²) in [5, 5.41) is 0. The van der Waals surface area contributed by atoms with E-state index in [0.717, 1.165) is 19.3 Å². The zero-order chi connectivity index (χ0) is 8.69. The number of hydrogen-bond donors (Lipinski definition) is 0. The van der Waals surface area contributed by atoms with Gasteiger partial charge in [-0.05, 0) is 25.2 Å². The molecular formula is C10H20F. The summed E-state index contributed by atoms with van der Waals surface area (Å²) in [7, 11) is 0. The van der Waals surface area contributed by atoms with E-state index in [2.05, 4.69) is 20.3 Å². The Kier molecular flexibility index (Phi) is 6.59. The van der Waals surface area contributed by atoms with Gasteiger partial charge in [-0.3, -0.25) is 0 Å². The molecule has 0 bridgehead atoms. The van der Waals surface area contributed by atoms with Gasteiger partial charge in [0.05, 0.1) is 0 Å². The molecule has 0 aromatic heterocycles. The summed E-state index contributed by atoms with van der Waals surface area (Å²) in [6, 6.07) is 0. The minimum absolute atomic E-state index is 0.446. The molecule has 0 rings (SSSR count). The van der Waals surface area contributed by atoms with Gasteiger partial charge in [0.15, 0.2) is 0 Å². The summed E-state index contributed by atoms with van der Waals surface area (Å²) >= 11 is 0. The summed E-state index contributed by atoms with van der Waals surface area (Å²) in [5.41, 5.74) is 0. The third-order valence-corrected chi connectivity index (χ3v) is 1.87. The number of halogens is 1. The van der Waals surface area contributed by atoms with Gasteiger partial charge in [-0.15, -0.1) is 0 Å². The largest absolute Gasteiger partial charge is 0.247 e. The van der Waals surface area contributed by atoms with Gasteiger partial charge >= 0.3 is 0 Å². The molecular weight excluding hydrogens is 139 g/mol. The minimum Gasteiger partial charge on any atom is -0.247 e. The van der Waals surface area contributed by atoms with Gasteiger partial charge in [-0.2, -0.15) is 0 Å². The van der Waals surface area contributed by atoms with Crippen molar-refractivity contribution >= 4 is 0 Å². The van der Waals surface area contributed by atoms with Gasteiger partial charge in [0, 0.05) is 0 Å². The Morgan fingerprint density at radius 1 is 1.36 bits per heavy atom. The molecule has 0 aliphatic carbocycles. The molecule has 11 heavy (non-hydrogen) atoms. The number of rotatable bonds is 6. The molecule has 0 heterocycles.